The number of carbonyl (C=O) groups excluding carboxylic acids is 2. The zero-order valence-electron chi connectivity index (χ0n) is 20.2. The van der Waals surface area contributed by atoms with Gasteiger partial charge in [-0.25, -0.2) is 8.42 Å². The molecular weight excluding hydrogens is 532 g/mol. The minimum absolute atomic E-state index is 0.0414. The molecule has 0 radical (unpaired) electrons. The van der Waals surface area contributed by atoms with Crippen molar-refractivity contribution >= 4 is 60.5 Å². The predicted molar refractivity (Wildman–Crippen MR) is 146 cm³/mol. The van der Waals surface area contributed by atoms with Gasteiger partial charge in [0.15, 0.2) is 0 Å². The highest BCUT2D eigenvalue weighted by atomic mass is 35.5. The van der Waals surface area contributed by atoms with Gasteiger partial charge in [-0.2, -0.15) is 4.72 Å². The Morgan fingerprint density at radius 2 is 1.84 bits per heavy atom. The number of nitrogens with zero attached hydrogens (tertiary/aromatic N) is 2. The average molecular weight is 561 g/mol. The average Bonchev–Trinajstić information content (AvgIpc) is 3.53. The number of rotatable bonds is 8. The Morgan fingerprint density at radius 1 is 1.05 bits per heavy atom. The third-order valence-corrected chi connectivity index (χ3v) is 10.2. The van der Waals surface area contributed by atoms with Crippen LogP contribution in [0, 0.1) is 0 Å². The van der Waals surface area contributed by atoms with E-state index in [-0.39, 0.29) is 28.6 Å². The van der Waals surface area contributed by atoms with Crippen LogP contribution in [0.25, 0.3) is 10.1 Å². The molecule has 0 aliphatic carbocycles. The Balaban J connectivity index is 1.21. The summed E-state index contributed by atoms with van der Waals surface area (Å²) in [7, 11) is -3.90. The van der Waals surface area contributed by atoms with Crippen molar-refractivity contribution in [3.8, 4) is 0 Å². The third-order valence-electron chi connectivity index (χ3n) is 6.89. The molecule has 1 aromatic heterocycles. The minimum Gasteiger partial charge on any atom is -0.383 e. The number of fused-ring (bicyclic) bond motifs is 1. The Kier molecular flexibility index (Phi) is 7.71. The summed E-state index contributed by atoms with van der Waals surface area (Å²) in [6.45, 7) is 1.70. The molecule has 196 valence electrons. The van der Waals surface area contributed by atoms with Gasteiger partial charge in [0, 0.05) is 41.1 Å². The molecule has 2 saturated heterocycles. The lowest BCUT2D eigenvalue weighted by Crippen LogP contribution is -2.55. The number of likely N-dealkylation sites (tertiary alicyclic amines) is 2. The van der Waals surface area contributed by atoms with E-state index in [4.69, 9.17) is 11.6 Å². The lowest BCUT2D eigenvalue weighted by molar-refractivity contribution is -0.143. The van der Waals surface area contributed by atoms with Gasteiger partial charge < -0.3 is 15.1 Å². The van der Waals surface area contributed by atoms with Crippen molar-refractivity contribution in [3.05, 3.63) is 59.6 Å². The molecule has 8 nitrogen and oxygen atoms in total. The summed E-state index contributed by atoms with van der Waals surface area (Å²) in [5.74, 6) is -0.457. The first-order valence-corrected chi connectivity index (χ1v) is 15.1. The molecule has 2 unspecified atom stereocenters. The number of para-hydroxylation sites is 1. The van der Waals surface area contributed by atoms with Gasteiger partial charge in [0.1, 0.15) is 10.3 Å². The molecule has 0 spiro atoms. The first-order valence-electron chi connectivity index (χ1n) is 12.4. The van der Waals surface area contributed by atoms with Crippen LogP contribution >= 0.6 is 22.9 Å². The fraction of sp³-hybridized carbons (Fsp3) is 0.385. The number of benzene rings is 2. The maximum Gasteiger partial charge on any atom is 0.250 e. The highest BCUT2D eigenvalue weighted by molar-refractivity contribution is 7.91. The largest absolute Gasteiger partial charge is 0.383 e. The van der Waals surface area contributed by atoms with E-state index in [2.05, 4.69) is 10.0 Å². The number of hydrogen-bond acceptors (Lipinski definition) is 6. The Bertz CT molecular complexity index is 1400. The predicted octanol–water partition coefficient (Wildman–Crippen LogP) is 3.93. The maximum atomic E-state index is 13.2. The number of anilines is 1. The van der Waals surface area contributed by atoms with Crippen LogP contribution in [-0.4, -0.2) is 68.3 Å². The highest BCUT2D eigenvalue weighted by Crippen LogP contribution is 2.31. The van der Waals surface area contributed by atoms with Gasteiger partial charge in [-0.3, -0.25) is 9.59 Å². The van der Waals surface area contributed by atoms with Gasteiger partial charge in [-0.1, -0.05) is 35.9 Å². The SMILES string of the molecule is O=C1C(NS(=O)(=O)c2cc3ccc(Cl)cc3s2)CCCN1CC(=O)N1CCCC1CNc1ccccc1. The molecule has 3 heterocycles. The van der Waals surface area contributed by atoms with Gasteiger partial charge in [0.05, 0.1) is 6.54 Å². The number of amides is 2. The van der Waals surface area contributed by atoms with Gasteiger partial charge >= 0.3 is 0 Å². The van der Waals surface area contributed by atoms with E-state index in [1.165, 1.54) is 4.90 Å². The molecule has 0 saturated carbocycles. The maximum absolute atomic E-state index is 13.2. The van der Waals surface area contributed by atoms with Crippen LogP contribution in [0.4, 0.5) is 5.69 Å². The smallest absolute Gasteiger partial charge is 0.250 e. The van der Waals surface area contributed by atoms with Crippen LogP contribution in [0.2, 0.25) is 5.02 Å². The van der Waals surface area contributed by atoms with E-state index < -0.39 is 16.1 Å². The van der Waals surface area contributed by atoms with Gasteiger partial charge in [0.2, 0.25) is 11.8 Å². The van der Waals surface area contributed by atoms with Crippen molar-refractivity contribution in [2.24, 2.45) is 0 Å². The second kappa shape index (κ2) is 11.0. The van der Waals surface area contributed by atoms with Crippen molar-refractivity contribution in [2.75, 3.05) is 31.5 Å². The van der Waals surface area contributed by atoms with Crippen LogP contribution < -0.4 is 10.0 Å². The van der Waals surface area contributed by atoms with Crippen molar-refractivity contribution < 1.29 is 18.0 Å². The fourth-order valence-electron chi connectivity index (χ4n) is 4.99. The molecule has 2 atom stereocenters. The van der Waals surface area contributed by atoms with Crippen molar-refractivity contribution in [1.29, 1.82) is 0 Å². The normalized spacial score (nSPS) is 20.5. The van der Waals surface area contributed by atoms with Gasteiger partial charge in [-0.05, 0) is 61.4 Å². The van der Waals surface area contributed by atoms with Crippen LogP contribution in [0.15, 0.2) is 58.8 Å². The molecule has 11 heteroatoms. The standard InChI is InChI=1S/C26H29ClN4O4S2/c27-19-11-10-18-14-25(36-23(18)15-19)37(34,35)29-22-9-5-12-30(26(22)33)17-24(32)31-13-4-8-21(31)16-28-20-6-2-1-3-7-20/h1-3,6-7,10-11,14-15,21-22,28-29H,4-5,8-9,12-13,16-17H2. The fourth-order valence-corrected chi connectivity index (χ4v) is 7.90. The molecule has 2 N–H and O–H groups in total. The van der Waals surface area contributed by atoms with Crippen molar-refractivity contribution in [1.82, 2.24) is 14.5 Å². The van der Waals surface area contributed by atoms with E-state index in [1.54, 1.807) is 24.3 Å². The quantitative estimate of drug-likeness (QED) is 0.435. The van der Waals surface area contributed by atoms with E-state index in [1.807, 2.05) is 35.2 Å². The number of carbonyl (C=O) groups is 2. The minimum atomic E-state index is -3.90. The lowest BCUT2D eigenvalue weighted by Gasteiger charge is -2.34. The summed E-state index contributed by atoms with van der Waals surface area (Å²) in [6.07, 6.45) is 2.84. The molecule has 2 aliphatic rings. The summed E-state index contributed by atoms with van der Waals surface area (Å²) in [4.78, 5) is 29.7. The zero-order chi connectivity index (χ0) is 26.0. The second-order valence-electron chi connectivity index (χ2n) is 9.45. The number of hydrogen-bond donors (Lipinski definition) is 2. The summed E-state index contributed by atoms with van der Waals surface area (Å²) < 4.78 is 29.6. The second-order valence-corrected chi connectivity index (χ2v) is 12.9. The van der Waals surface area contributed by atoms with Crippen molar-refractivity contribution in [2.45, 2.75) is 42.0 Å². The Hall–Kier alpha value is -2.66. The van der Waals surface area contributed by atoms with Crippen LogP contribution in [0.1, 0.15) is 25.7 Å². The van der Waals surface area contributed by atoms with Gasteiger partial charge in [0.25, 0.3) is 10.0 Å². The van der Waals surface area contributed by atoms with Crippen LogP contribution in [0.3, 0.4) is 0 Å². The molecule has 2 aliphatic heterocycles. The van der Waals surface area contributed by atoms with E-state index in [9.17, 15) is 18.0 Å². The number of nitrogens with one attached hydrogen (secondary N) is 2. The Morgan fingerprint density at radius 3 is 2.65 bits per heavy atom. The zero-order valence-corrected chi connectivity index (χ0v) is 22.6. The number of thiophene rings is 1. The topological polar surface area (TPSA) is 98.8 Å². The summed E-state index contributed by atoms with van der Waals surface area (Å²) in [5, 5.41) is 4.70. The molecule has 5 rings (SSSR count). The first-order chi connectivity index (χ1) is 17.8. The highest BCUT2D eigenvalue weighted by Gasteiger charge is 2.36. The van der Waals surface area contributed by atoms with Gasteiger partial charge in [-0.15, -0.1) is 11.3 Å². The number of sulfonamides is 1. The summed E-state index contributed by atoms with van der Waals surface area (Å²) >= 11 is 7.15. The van der Waals surface area contributed by atoms with E-state index >= 15 is 0 Å². The number of piperidine rings is 1. The van der Waals surface area contributed by atoms with Crippen LogP contribution in [-0.2, 0) is 19.6 Å². The Labute approximate surface area is 225 Å². The van der Waals surface area contributed by atoms with Crippen LogP contribution in [0.5, 0.6) is 0 Å². The summed E-state index contributed by atoms with van der Waals surface area (Å²) in [6, 6.07) is 15.8. The summed E-state index contributed by atoms with van der Waals surface area (Å²) in [5.41, 5.74) is 1.00. The number of halogens is 1. The molecule has 2 amide bonds. The van der Waals surface area contributed by atoms with Crippen molar-refractivity contribution in [3.63, 3.8) is 0 Å². The molecule has 37 heavy (non-hydrogen) atoms. The molecule has 2 fully saturated rings. The van der Waals surface area contributed by atoms with E-state index in [0.29, 0.717) is 37.5 Å². The van der Waals surface area contributed by atoms with E-state index in [0.717, 1.165) is 40.0 Å². The molecular formula is C26H29ClN4O4S2. The third kappa shape index (κ3) is 5.93. The molecule has 3 aromatic rings. The first kappa shape index (κ1) is 26.0. The molecule has 0 bridgehead atoms. The monoisotopic (exact) mass is 560 g/mol. The lowest BCUT2D eigenvalue weighted by atomic mass is 10.1. The molecule has 2 aromatic carbocycles.